The predicted octanol–water partition coefficient (Wildman–Crippen LogP) is 4.03. The zero-order chi connectivity index (χ0) is 20.5. The maximum atomic E-state index is 12.2. The predicted molar refractivity (Wildman–Crippen MR) is 122 cm³/mol. The van der Waals surface area contributed by atoms with Gasteiger partial charge < -0.3 is 10.6 Å². The van der Waals surface area contributed by atoms with Crippen LogP contribution in [0.15, 0.2) is 30.7 Å². The minimum absolute atomic E-state index is 0.0567. The molecule has 3 aromatic rings. The van der Waals surface area contributed by atoms with E-state index in [0.29, 0.717) is 11.7 Å². The Morgan fingerprint density at radius 3 is 2.77 bits per heavy atom. The summed E-state index contributed by atoms with van der Waals surface area (Å²) in [5.41, 5.74) is 1.84. The second kappa shape index (κ2) is 8.26. The third-order valence-electron chi connectivity index (χ3n) is 5.91. The van der Waals surface area contributed by atoms with E-state index in [1.165, 1.54) is 24.3 Å². The summed E-state index contributed by atoms with van der Waals surface area (Å²) < 4.78 is 2.06. The lowest BCUT2D eigenvalue weighted by Gasteiger charge is -2.20. The van der Waals surface area contributed by atoms with Crippen LogP contribution in [0, 0.1) is 11.8 Å². The lowest BCUT2D eigenvalue weighted by atomic mass is 10.0. The van der Waals surface area contributed by atoms with Gasteiger partial charge >= 0.3 is 0 Å². The molecule has 7 nitrogen and oxygen atoms in total. The summed E-state index contributed by atoms with van der Waals surface area (Å²) in [5.74, 6) is 4.74. The molecule has 8 heteroatoms. The minimum atomic E-state index is 0.0567. The first-order valence-corrected chi connectivity index (χ1v) is 11.8. The van der Waals surface area contributed by atoms with Gasteiger partial charge in [-0.05, 0) is 55.2 Å². The number of hydrogen-bond donors (Lipinski definition) is 2. The van der Waals surface area contributed by atoms with Crippen molar-refractivity contribution in [1.82, 2.24) is 19.7 Å². The summed E-state index contributed by atoms with van der Waals surface area (Å²) in [6.07, 6.45) is 10.1. The summed E-state index contributed by atoms with van der Waals surface area (Å²) >= 11 is 2.05. The van der Waals surface area contributed by atoms with E-state index in [4.69, 9.17) is 5.10 Å². The van der Waals surface area contributed by atoms with E-state index in [1.807, 2.05) is 31.1 Å². The van der Waals surface area contributed by atoms with E-state index in [1.54, 1.807) is 6.20 Å². The number of thioether (sulfide) groups is 1. The Balaban J connectivity index is 1.47. The third kappa shape index (κ3) is 4.01. The molecule has 2 N–H and O–H groups in total. The molecule has 5 rings (SSSR count). The fraction of sp³-hybridized carbons (Fsp3) is 0.455. The minimum Gasteiger partial charge on any atom is -0.373 e. The number of aromatic nitrogens is 4. The molecular weight excluding hydrogens is 396 g/mol. The number of nitrogens with zero attached hydrogens (tertiary/aromatic N) is 4. The topological polar surface area (TPSA) is 84.7 Å². The third-order valence-corrected chi connectivity index (χ3v) is 6.96. The number of fused-ring (bicyclic) bond motifs is 1. The van der Waals surface area contributed by atoms with Crippen LogP contribution in [-0.2, 0) is 11.3 Å². The second-order valence-electron chi connectivity index (χ2n) is 8.13. The largest absolute Gasteiger partial charge is 0.373 e. The molecule has 0 atom stereocenters. The number of amides is 1. The van der Waals surface area contributed by atoms with Crippen LogP contribution in [0.5, 0.6) is 0 Å². The number of hydrogen-bond acceptors (Lipinski definition) is 6. The molecule has 0 unspecified atom stereocenters. The highest BCUT2D eigenvalue weighted by molar-refractivity contribution is 7.99. The van der Waals surface area contributed by atoms with E-state index >= 15 is 0 Å². The summed E-state index contributed by atoms with van der Waals surface area (Å²) in [7, 11) is 1.85. The van der Waals surface area contributed by atoms with Crippen LogP contribution in [0.1, 0.15) is 25.7 Å². The van der Waals surface area contributed by atoms with Crippen molar-refractivity contribution >= 4 is 40.1 Å². The Kier molecular flexibility index (Phi) is 5.33. The van der Waals surface area contributed by atoms with Crippen molar-refractivity contribution in [2.75, 3.05) is 29.2 Å². The van der Waals surface area contributed by atoms with Gasteiger partial charge in [-0.1, -0.05) is 0 Å². The molecule has 3 aromatic heterocycles. The van der Waals surface area contributed by atoms with Gasteiger partial charge in [0.2, 0.25) is 5.91 Å². The van der Waals surface area contributed by atoms with Gasteiger partial charge in [0.15, 0.2) is 0 Å². The molecule has 4 heterocycles. The van der Waals surface area contributed by atoms with E-state index < -0.39 is 0 Å². The number of pyridine rings is 2. The quantitative estimate of drug-likeness (QED) is 0.624. The Labute approximate surface area is 180 Å². The number of anilines is 2. The Hall–Kier alpha value is -2.61. The van der Waals surface area contributed by atoms with Gasteiger partial charge in [-0.15, -0.1) is 0 Å². The van der Waals surface area contributed by atoms with Gasteiger partial charge in [-0.2, -0.15) is 16.9 Å². The normalized spacial score (nSPS) is 17.2. The number of rotatable bonds is 6. The van der Waals surface area contributed by atoms with Crippen molar-refractivity contribution in [2.24, 2.45) is 11.8 Å². The number of carbonyl (C=O) groups is 1. The van der Waals surface area contributed by atoms with Gasteiger partial charge in [0.1, 0.15) is 11.6 Å². The van der Waals surface area contributed by atoms with Crippen LogP contribution < -0.4 is 10.6 Å². The molecule has 0 radical (unpaired) electrons. The highest BCUT2D eigenvalue weighted by Crippen LogP contribution is 2.33. The molecule has 1 saturated carbocycles. The molecule has 2 fully saturated rings. The summed E-state index contributed by atoms with van der Waals surface area (Å²) in [6, 6.07) is 3.99. The molecule has 1 aliphatic carbocycles. The van der Waals surface area contributed by atoms with Gasteiger partial charge in [0.25, 0.3) is 0 Å². The first kappa shape index (κ1) is 19.4. The zero-order valence-corrected chi connectivity index (χ0v) is 17.9. The maximum absolute atomic E-state index is 12.2. The van der Waals surface area contributed by atoms with Crippen molar-refractivity contribution < 1.29 is 4.79 Å². The molecule has 1 saturated heterocycles. The van der Waals surface area contributed by atoms with Crippen LogP contribution in [-0.4, -0.2) is 44.2 Å². The van der Waals surface area contributed by atoms with E-state index in [9.17, 15) is 4.79 Å². The Bertz CT molecular complexity index is 1070. The van der Waals surface area contributed by atoms with E-state index in [-0.39, 0.29) is 11.8 Å². The summed E-state index contributed by atoms with van der Waals surface area (Å²) in [6.45, 7) is 0.963. The number of carbonyl (C=O) groups excluding carboxylic acids is 1. The van der Waals surface area contributed by atoms with Crippen molar-refractivity contribution in [1.29, 1.82) is 0 Å². The molecule has 1 aliphatic heterocycles. The van der Waals surface area contributed by atoms with Crippen LogP contribution in [0.25, 0.3) is 22.0 Å². The average Bonchev–Trinajstić information content (AvgIpc) is 3.53. The molecular formula is C22H26N6OS. The van der Waals surface area contributed by atoms with Gasteiger partial charge in [-0.3, -0.25) is 9.48 Å². The van der Waals surface area contributed by atoms with Crippen molar-refractivity contribution in [3.8, 4) is 11.3 Å². The molecule has 156 valence electrons. The van der Waals surface area contributed by atoms with Gasteiger partial charge in [0, 0.05) is 54.4 Å². The van der Waals surface area contributed by atoms with Crippen molar-refractivity contribution in [3.63, 3.8) is 0 Å². The van der Waals surface area contributed by atoms with Crippen molar-refractivity contribution in [3.05, 3.63) is 30.7 Å². The standard InChI is InChI=1S/C22H26N6OS/c1-23-21-18-12-24-20(26-22(29)15-2-3-15)10-16(18)17(11-25-21)19-4-7-28(27-19)13-14-5-8-30-9-6-14/h4,7,10-12,14-15H,2-3,5-6,8-9,13H2,1H3,(H,23,25)(H,24,26,29). The highest BCUT2D eigenvalue weighted by Gasteiger charge is 2.30. The molecule has 0 aromatic carbocycles. The summed E-state index contributed by atoms with van der Waals surface area (Å²) in [4.78, 5) is 21.2. The first-order valence-electron chi connectivity index (χ1n) is 10.6. The smallest absolute Gasteiger partial charge is 0.228 e. The Morgan fingerprint density at radius 1 is 1.17 bits per heavy atom. The second-order valence-corrected chi connectivity index (χ2v) is 9.35. The lowest BCUT2D eigenvalue weighted by Crippen LogP contribution is -2.16. The van der Waals surface area contributed by atoms with Crippen LogP contribution >= 0.6 is 11.8 Å². The average molecular weight is 423 g/mol. The van der Waals surface area contributed by atoms with Crippen LogP contribution in [0.4, 0.5) is 11.6 Å². The fourth-order valence-electron chi connectivity index (χ4n) is 3.98. The molecule has 2 aliphatic rings. The summed E-state index contributed by atoms with van der Waals surface area (Å²) in [5, 5.41) is 12.8. The molecule has 30 heavy (non-hydrogen) atoms. The van der Waals surface area contributed by atoms with Crippen LogP contribution in [0.3, 0.4) is 0 Å². The number of nitrogens with one attached hydrogen (secondary N) is 2. The highest BCUT2D eigenvalue weighted by atomic mass is 32.2. The molecule has 0 spiro atoms. The van der Waals surface area contributed by atoms with Crippen LogP contribution in [0.2, 0.25) is 0 Å². The van der Waals surface area contributed by atoms with E-state index in [0.717, 1.165) is 47.2 Å². The lowest BCUT2D eigenvalue weighted by molar-refractivity contribution is -0.117. The SMILES string of the molecule is CNc1ncc(-c2ccn(CC3CCSCC3)n2)c2cc(NC(=O)C3CC3)ncc12. The molecule has 0 bridgehead atoms. The maximum Gasteiger partial charge on any atom is 0.228 e. The van der Waals surface area contributed by atoms with E-state index in [2.05, 4.69) is 37.5 Å². The monoisotopic (exact) mass is 422 g/mol. The van der Waals surface area contributed by atoms with Gasteiger partial charge in [-0.25, -0.2) is 9.97 Å². The first-order chi connectivity index (χ1) is 14.7. The zero-order valence-electron chi connectivity index (χ0n) is 17.1. The van der Waals surface area contributed by atoms with Gasteiger partial charge in [0.05, 0.1) is 5.69 Å². The Morgan fingerprint density at radius 2 is 2.00 bits per heavy atom. The fourth-order valence-corrected chi connectivity index (χ4v) is 5.19. The van der Waals surface area contributed by atoms with Crippen molar-refractivity contribution in [2.45, 2.75) is 32.2 Å². The molecule has 1 amide bonds.